The summed E-state index contributed by atoms with van der Waals surface area (Å²) in [6, 6.07) is 0.743. The first kappa shape index (κ1) is 9.99. The van der Waals surface area contributed by atoms with Gasteiger partial charge in [-0.1, -0.05) is 0 Å². The number of hydrogen-bond donors (Lipinski definition) is 0. The van der Waals surface area contributed by atoms with Crippen molar-refractivity contribution >= 4 is 0 Å². The van der Waals surface area contributed by atoms with Gasteiger partial charge in [0.05, 0.1) is 0 Å². The fourth-order valence-electron chi connectivity index (χ4n) is 5.47. The van der Waals surface area contributed by atoms with Crippen molar-refractivity contribution in [1.29, 1.82) is 0 Å². The summed E-state index contributed by atoms with van der Waals surface area (Å²) in [6.45, 7) is 0. The molecule has 6 rings (SSSR count). The van der Waals surface area contributed by atoms with Gasteiger partial charge in [-0.05, 0) is 68.6 Å². The second-order valence-corrected chi connectivity index (χ2v) is 7.28. The van der Waals surface area contributed by atoms with Gasteiger partial charge in [-0.2, -0.15) is 0 Å². The smallest absolute Gasteiger partial charge is 0.136 e. The maximum absolute atomic E-state index is 4.54. The fourth-order valence-corrected chi connectivity index (χ4v) is 5.47. The molecule has 1 aromatic rings. The van der Waals surface area contributed by atoms with Crippen LogP contribution in [0, 0.1) is 23.7 Å². The third kappa shape index (κ3) is 1.31. The Labute approximate surface area is 108 Å². The van der Waals surface area contributed by atoms with E-state index in [1.54, 1.807) is 0 Å². The molecule has 0 unspecified atom stereocenters. The Bertz CT molecular complexity index is 446. The molecule has 5 aliphatic rings. The summed E-state index contributed by atoms with van der Waals surface area (Å²) >= 11 is 0. The Morgan fingerprint density at radius 3 is 2.22 bits per heavy atom. The van der Waals surface area contributed by atoms with E-state index >= 15 is 0 Å². The van der Waals surface area contributed by atoms with Crippen molar-refractivity contribution in [3.05, 3.63) is 12.2 Å². The average molecular weight is 243 g/mol. The molecular formula is C15H21N3. The molecule has 0 spiro atoms. The predicted molar refractivity (Wildman–Crippen MR) is 68.1 cm³/mol. The molecule has 0 atom stereocenters. The van der Waals surface area contributed by atoms with Gasteiger partial charge in [0.15, 0.2) is 0 Å². The van der Waals surface area contributed by atoms with E-state index in [4.69, 9.17) is 0 Å². The normalized spacial score (nSPS) is 45.7. The molecule has 0 amide bonds. The summed E-state index contributed by atoms with van der Waals surface area (Å²) in [6.07, 6.45) is 12.2. The van der Waals surface area contributed by atoms with Crippen LogP contribution in [0.15, 0.2) is 6.33 Å². The summed E-state index contributed by atoms with van der Waals surface area (Å²) in [4.78, 5) is 0. The van der Waals surface area contributed by atoms with E-state index in [2.05, 4.69) is 14.8 Å². The highest BCUT2D eigenvalue weighted by Crippen LogP contribution is 2.59. The van der Waals surface area contributed by atoms with E-state index < -0.39 is 0 Å². The zero-order valence-electron chi connectivity index (χ0n) is 10.8. The number of nitrogens with zero attached hydrogens (tertiary/aromatic N) is 3. The van der Waals surface area contributed by atoms with Gasteiger partial charge in [0.25, 0.3) is 0 Å². The van der Waals surface area contributed by atoms with Crippen molar-refractivity contribution in [2.45, 2.75) is 56.9 Å². The van der Waals surface area contributed by atoms with E-state index in [-0.39, 0.29) is 0 Å². The van der Waals surface area contributed by atoms with Gasteiger partial charge in [-0.25, -0.2) is 0 Å². The maximum Gasteiger partial charge on any atom is 0.136 e. The van der Waals surface area contributed by atoms with Crippen LogP contribution in [0.4, 0.5) is 0 Å². The van der Waals surface area contributed by atoms with Crippen LogP contribution in [0.25, 0.3) is 0 Å². The number of hydrogen-bond acceptors (Lipinski definition) is 2. The van der Waals surface area contributed by atoms with Crippen LogP contribution in [0.1, 0.15) is 62.7 Å². The molecule has 18 heavy (non-hydrogen) atoms. The second-order valence-electron chi connectivity index (χ2n) is 7.28. The highest BCUT2D eigenvalue weighted by molar-refractivity contribution is 5.12. The summed E-state index contributed by atoms with van der Waals surface area (Å²) in [5, 5.41) is 8.77. The van der Waals surface area contributed by atoms with Crippen LogP contribution in [-0.2, 0) is 0 Å². The average Bonchev–Trinajstić information content (AvgIpc) is 3.08. The van der Waals surface area contributed by atoms with Crippen LogP contribution in [0.5, 0.6) is 0 Å². The summed E-state index contributed by atoms with van der Waals surface area (Å²) in [5.74, 6) is 6.08. The lowest BCUT2D eigenvalue weighted by Gasteiger charge is -2.54. The standard InChI is InChI=1S/C15H21N3/c1-2-13(1)18-8-16-17-15(18)14-11-4-9-3-10(6-11)7-12(14)5-9/h8-14H,1-7H2. The molecule has 5 fully saturated rings. The molecule has 96 valence electrons. The molecule has 0 aliphatic heterocycles. The SMILES string of the molecule is c1nnc(C2C3CC4CC(C3)CC2C4)n1C1CC1. The largest absolute Gasteiger partial charge is 0.314 e. The van der Waals surface area contributed by atoms with Gasteiger partial charge in [-0.15, -0.1) is 10.2 Å². The van der Waals surface area contributed by atoms with Crippen LogP contribution < -0.4 is 0 Å². The summed E-state index contributed by atoms with van der Waals surface area (Å²) in [5.41, 5.74) is 0. The Kier molecular flexibility index (Phi) is 1.87. The predicted octanol–water partition coefficient (Wildman–Crippen LogP) is 3.15. The van der Waals surface area contributed by atoms with Crippen molar-refractivity contribution in [2.75, 3.05) is 0 Å². The molecule has 4 bridgehead atoms. The topological polar surface area (TPSA) is 30.7 Å². The van der Waals surface area contributed by atoms with Crippen molar-refractivity contribution in [2.24, 2.45) is 23.7 Å². The Morgan fingerprint density at radius 2 is 1.61 bits per heavy atom. The lowest BCUT2D eigenvalue weighted by atomic mass is 9.51. The molecule has 3 nitrogen and oxygen atoms in total. The van der Waals surface area contributed by atoms with Gasteiger partial charge < -0.3 is 4.57 Å². The molecule has 0 saturated heterocycles. The number of rotatable bonds is 2. The summed E-state index contributed by atoms with van der Waals surface area (Å²) < 4.78 is 2.42. The third-order valence-electron chi connectivity index (χ3n) is 6.07. The second kappa shape index (κ2) is 3.37. The molecular weight excluding hydrogens is 222 g/mol. The van der Waals surface area contributed by atoms with Crippen LogP contribution in [-0.4, -0.2) is 14.8 Å². The lowest BCUT2D eigenvalue weighted by Crippen LogP contribution is -2.44. The minimum Gasteiger partial charge on any atom is -0.314 e. The van der Waals surface area contributed by atoms with E-state index in [1.807, 2.05) is 6.33 Å². The molecule has 5 aliphatic carbocycles. The van der Waals surface area contributed by atoms with Gasteiger partial charge in [0.2, 0.25) is 0 Å². The zero-order valence-corrected chi connectivity index (χ0v) is 10.8. The monoisotopic (exact) mass is 243 g/mol. The molecule has 1 heterocycles. The van der Waals surface area contributed by atoms with Crippen LogP contribution in [0.3, 0.4) is 0 Å². The minimum atomic E-state index is 0.743. The molecule has 1 aromatic heterocycles. The van der Waals surface area contributed by atoms with Crippen molar-refractivity contribution in [3.8, 4) is 0 Å². The first-order valence-electron chi connectivity index (χ1n) is 7.78. The van der Waals surface area contributed by atoms with Gasteiger partial charge >= 0.3 is 0 Å². The highest BCUT2D eigenvalue weighted by atomic mass is 15.3. The molecule has 0 radical (unpaired) electrons. The van der Waals surface area contributed by atoms with E-state index in [9.17, 15) is 0 Å². The number of aromatic nitrogens is 3. The summed E-state index contributed by atoms with van der Waals surface area (Å²) in [7, 11) is 0. The van der Waals surface area contributed by atoms with Crippen LogP contribution in [0.2, 0.25) is 0 Å². The molecule has 3 heteroatoms. The Balaban J connectivity index is 1.54. The van der Waals surface area contributed by atoms with Crippen molar-refractivity contribution in [1.82, 2.24) is 14.8 Å². The first-order valence-corrected chi connectivity index (χ1v) is 7.78. The molecule has 5 saturated carbocycles. The Hall–Kier alpha value is -0.860. The third-order valence-corrected chi connectivity index (χ3v) is 6.07. The lowest BCUT2D eigenvalue weighted by molar-refractivity contribution is -0.00689. The van der Waals surface area contributed by atoms with Gasteiger partial charge in [0.1, 0.15) is 12.2 Å². The quantitative estimate of drug-likeness (QED) is 0.799. The maximum atomic E-state index is 4.54. The molecule has 0 N–H and O–H groups in total. The fraction of sp³-hybridized carbons (Fsp3) is 0.867. The van der Waals surface area contributed by atoms with Crippen LogP contribution >= 0.6 is 0 Å². The first-order chi connectivity index (χ1) is 8.88. The van der Waals surface area contributed by atoms with Gasteiger partial charge in [0, 0.05) is 12.0 Å². The van der Waals surface area contributed by atoms with Gasteiger partial charge in [-0.3, -0.25) is 0 Å². The Morgan fingerprint density at radius 1 is 0.944 bits per heavy atom. The van der Waals surface area contributed by atoms with Crippen molar-refractivity contribution in [3.63, 3.8) is 0 Å². The van der Waals surface area contributed by atoms with E-state index in [0.29, 0.717) is 0 Å². The molecule has 0 aromatic carbocycles. The van der Waals surface area contributed by atoms with Crippen molar-refractivity contribution < 1.29 is 0 Å². The highest BCUT2D eigenvalue weighted by Gasteiger charge is 2.50. The van der Waals surface area contributed by atoms with E-state index in [1.165, 1.54) is 50.8 Å². The zero-order chi connectivity index (χ0) is 11.7. The minimum absolute atomic E-state index is 0.743. The van der Waals surface area contributed by atoms with E-state index in [0.717, 1.165) is 35.6 Å².